The number of aromatic nitrogens is 2. The van der Waals surface area contributed by atoms with Crippen LogP contribution < -0.4 is 9.64 Å². The number of carbonyl (C=O) groups excluding carboxylic acids is 1. The highest BCUT2D eigenvalue weighted by molar-refractivity contribution is 7.99. The number of fused-ring (bicyclic) bond motifs is 1. The SMILES string of the molecule is COc1ccc2nc(SCC(=O)N3CCN(c4ccccc4)CC3)[nH]c2c1. The number of thioether (sulfide) groups is 1. The number of benzene rings is 2. The molecule has 7 heteroatoms. The van der Waals surface area contributed by atoms with Crippen LogP contribution in [0.5, 0.6) is 5.75 Å². The first-order valence-corrected chi connectivity index (χ1v) is 9.96. The molecule has 27 heavy (non-hydrogen) atoms. The van der Waals surface area contributed by atoms with E-state index in [1.165, 1.54) is 17.4 Å². The second-order valence-corrected chi connectivity index (χ2v) is 7.38. The number of aromatic amines is 1. The van der Waals surface area contributed by atoms with Crippen LogP contribution in [-0.2, 0) is 4.79 Å². The fourth-order valence-corrected chi connectivity index (χ4v) is 4.02. The molecule has 1 amide bonds. The van der Waals surface area contributed by atoms with Gasteiger partial charge in [0.15, 0.2) is 5.16 Å². The Hall–Kier alpha value is -2.67. The summed E-state index contributed by atoms with van der Waals surface area (Å²) in [5, 5.41) is 0.759. The van der Waals surface area contributed by atoms with Crippen LogP contribution in [0, 0.1) is 0 Å². The van der Waals surface area contributed by atoms with E-state index in [-0.39, 0.29) is 5.91 Å². The molecule has 0 spiro atoms. The maximum absolute atomic E-state index is 12.6. The fourth-order valence-electron chi connectivity index (χ4n) is 3.23. The number of imidazole rings is 1. The highest BCUT2D eigenvalue weighted by atomic mass is 32.2. The minimum absolute atomic E-state index is 0.158. The van der Waals surface area contributed by atoms with Gasteiger partial charge in [-0.25, -0.2) is 4.98 Å². The lowest BCUT2D eigenvalue weighted by atomic mass is 10.2. The minimum atomic E-state index is 0.158. The topological polar surface area (TPSA) is 61.5 Å². The van der Waals surface area contributed by atoms with E-state index in [9.17, 15) is 4.79 Å². The number of amides is 1. The van der Waals surface area contributed by atoms with Gasteiger partial charge in [-0.1, -0.05) is 30.0 Å². The average Bonchev–Trinajstić information content (AvgIpc) is 3.14. The van der Waals surface area contributed by atoms with Crippen molar-refractivity contribution >= 4 is 34.4 Å². The average molecular weight is 382 g/mol. The molecule has 140 valence electrons. The minimum Gasteiger partial charge on any atom is -0.497 e. The smallest absolute Gasteiger partial charge is 0.233 e. The van der Waals surface area contributed by atoms with Crippen molar-refractivity contribution < 1.29 is 9.53 Å². The molecule has 1 aliphatic rings. The molecular weight excluding hydrogens is 360 g/mol. The molecule has 0 radical (unpaired) electrons. The number of para-hydroxylation sites is 1. The third-order valence-electron chi connectivity index (χ3n) is 4.75. The van der Waals surface area contributed by atoms with Crippen molar-refractivity contribution in [2.75, 3.05) is 43.9 Å². The molecule has 1 aliphatic heterocycles. The summed E-state index contributed by atoms with van der Waals surface area (Å²) in [7, 11) is 1.64. The maximum atomic E-state index is 12.6. The Morgan fingerprint density at radius 2 is 1.93 bits per heavy atom. The van der Waals surface area contributed by atoms with E-state index in [1.54, 1.807) is 7.11 Å². The normalized spacial score (nSPS) is 14.6. The van der Waals surface area contributed by atoms with Crippen LogP contribution >= 0.6 is 11.8 Å². The predicted molar refractivity (Wildman–Crippen MR) is 109 cm³/mol. The van der Waals surface area contributed by atoms with Gasteiger partial charge in [0.1, 0.15) is 5.75 Å². The zero-order valence-corrected chi connectivity index (χ0v) is 16.0. The van der Waals surface area contributed by atoms with Gasteiger partial charge in [0.25, 0.3) is 0 Å². The summed E-state index contributed by atoms with van der Waals surface area (Å²) in [5.74, 6) is 1.34. The van der Waals surface area contributed by atoms with E-state index in [0.29, 0.717) is 5.75 Å². The fraction of sp³-hybridized carbons (Fsp3) is 0.300. The molecule has 0 bridgehead atoms. The molecule has 0 aliphatic carbocycles. The standard InChI is InChI=1S/C20H22N4O2S/c1-26-16-7-8-17-18(13-16)22-20(21-17)27-14-19(25)24-11-9-23(10-12-24)15-5-3-2-4-6-15/h2-8,13H,9-12,14H2,1H3,(H,21,22). The van der Waals surface area contributed by atoms with Gasteiger partial charge >= 0.3 is 0 Å². The van der Waals surface area contributed by atoms with Crippen LogP contribution in [0.15, 0.2) is 53.7 Å². The summed E-state index contributed by atoms with van der Waals surface area (Å²) in [4.78, 5) is 24.6. The Labute approximate surface area is 162 Å². The first-order valence-electron chi connectivity index (χ1n) is 8.97. The van der Waals surface area contributed by atoms with Crippen LogP contribution in [0.1, 0.15) is 0 Å². The van der Waals surface area contributed by atoms with Crippen LogP contribution in [0.25, 0.3) is 11.0 Å². The Balaban J connectivity index is 1.31. The molecule has 2 aromatic carbocycles. The van der Waals surface area contributed by atoms with E-state index in [2.05, 4.69) is 27.0 Å². The van der Waals surface area contributed by atoms with Gasteiger partial charge in [-0.05, 0) is 24.3 Å². The number of nitrogens with one attached hydrogen (secondary N) is 1. The van der Waals surface area contributed by atoms with Crippen molar-refractivity contribution in [3.8, 4) is 5.75 Å². The number of nitrogens with zero attached hydrogens (tertiary/aromatic N) is 3. The number of anilines is 1. The van der Waals surface area contributed by atoms with E-state index in [4.69, 9.17) is 4.74 Å². The number of piperazine rings is 1. The quantitative estimate of drug-likeness (QED) is 0.688. The largest absolute Gasteiger partial charge is 0.497 e. The molecule has 1 N–H and O–H groups in total. The van der Waals surface area contributed by atoms with Crippen molar-refractivity contribution in [1.82, 2.24) is 14.9 Å². The van der Waals surface area contributed by atoms with Gasteiger partial charge in [0.2, 0.25) is 5.91 Å². The van der Waals surface area contributed by atoms with Crippen molar-refractivity contribution in [3.63, 3.8) is 0 Å². The second-order valence-electron chi connectivity index (χ2n) is 6.42. The molecule has 4 rings (SSSR count). The van der Waals surface area contributed by atoms with E-state index < -0.39 is 0 Å². The lowest BCUT2D eigenvalue weighted by molar-refractivity contribution is -0.128. The molecule has 3 aromatic rings. The zero-order valence-electron chi connectivity index (χ0n) is 15.2. The molecule has 0 atom stereocenters. The van der Waals surface area contributed by atoms with E-state index >= 15 is 0 Å². The Kier molecular flexibility index (Phi) is 5.20. The van der Waals surface area contributed by atoms with E-state index in [0.717, 1.165) is 48.1 Å². The number of hydrogen-bond acceptors (Lipinski definition) is 5. The van der Waals surface area contributed by atoms with Gasteiger partial charge in [-0.15, -0.1) is 0 Å². The van der Waals surface area contributed by atoms with Gasteiger partial charge in [0, 0.05) is 37.9 Å². The number of hydrogen-bond donors (Lipinski definition) is 1. The number of carbonyl (C=O) groups is 1. The van der Waals surface area contributed by atoms with Crippen molar-refractivity contribution in [3.05, 3.63) is 48.5 Å². The van der Waals surface area contributed by atoms with Gasteiger partial charge in [-0.3, -0.25) is 4.79 Å². The summed E-state index contributed by atoms with van der Waals surface area (Å²) in [6.45, 7) is 3.24. The first kappa shape index (κ1) is 17.7. The molecule has 6 nitrogen and oxygen atoms in total. The summed E-state index contributed by atoms with van der Waals surface area (Å²) in [6.07, 6.45) is 0. The van der Waals surface area contributed by atoms with Crippen LogP contribution in [-0.4, -0.2) is 59.8 Å². The van der Waals surface area contributed by atoms with E-state index in [1.807, 2.05) is 41.3 Å². The third kappa shape index (κ3) is 4.03. The van der Waals surface area contributed by atoms with Crippen molar-refractivity contribution in [1.29, 1.82) is 0 Å². The summed E-state index contributed by atoms with van der Waals surface area (Å²) < 4.78 is 5.23. The summed E-state index contributed by atoms with van der Waals surface area (Å²) in [5.41, 5.74) is 3.01. The lowest BCUT2D eigenvalue weighted by Gasteiger charge is -2.36. The highest BCUT2D eigenvalue weighted by Crippen LogP contribution is 2.23. The van der Waals surface area contributed by atoms with Crippen LogP contribution in [0.2, 0.25) is 0 Å². The Morgan fingerprint density at radius 1 is 1.15 bits per heavy atom. The summed E-state index contributed by atoms with van der Waals surface area (Å²) >= 11 is 1.45. The molecule has 1 aromatic heterocycles. The Morgan fingerprint density at radius 3 is 2.67 bits per heavy atom. The summed E-state index contributed by atoms with van der Waals surface area (Å²) in [6, 6.07) is 16.1. The number of methoxy groups -OCH3 is 1. The number of H-pyrrole nitrogens is 1. The van der Waals surface area contributed by atoms with Crippen LogP contribution in [0.4, 0.5) is 5.69 Å². The number of ether oxygens (including phenoxy) is 1. The van der Waals surface area contributed by atoms with Gasteiger partial charge in [-0.2, -0.15) is 0 Å². The molecule has 0 unspecified atom stereocenters. The molecular formula is C20H22N4O2S. The molecule has 1 saturated heterocycles. The second kappa shape index (κ2) is 7.92. The zero-order chi connectivity index (χ0) is 18.6. The number of rotatable bonds is 5. The maximum Gasteiger partial charge on any atom is 0.233 e. The van der Waals surface area contributed by atoms with Crippen LogP contribution in [0.3, 0.4) is 0 Å². The predicted octanol–water partition coefficient (Wildman–Crippen LogP) is 3.01. The Bertz CT molecular complexity index is 920. The van der Waals surface area contributed by atoms with Gasteiger partial charge in [0.05, 0.1) is 23.9 Å². The van der Waals surface area contributed by atoms with Crippen molar-refractivity contribution in [2.45, 2.75) is 5.16 Å². The molecule has 0 saturated carbocycles. The lowest BCUT2D eigenvalue weighted by Crippen LogP contribution is -2.49. The highest BCUT2D eigenvalue weighted by Gasteiger charge is 2.21. The molecule has 2 heterocycles. The van der Waals surface area contributed by atoms with Crippen molar-refractivity contribution in [2.24, 2.45) is 0 Å². The first-order chi connectivity index (χ1) is 13.2. The monoisotopic (exact) mass is 382 g/mol. The molecule has 1 fully saturated rings. The third-order valence-corrected chi connectivity index (χ3v) is 5.61. The van der Waals surface area contributed by atoms with Gasteiger partial charge < -0.3 is 19.5 Å².